The lowest BCUT2D eigenvalue weighted by Crippen LogP contribution is -2.37. The van der Waals surface area contributed by atoms with Gasteiger partial charge in [0.2, 0.25) is 10.0 Å². The van der Waals surface area contributed by atoms with Gasteiger partial charge in [0.15, 0.2) is 0 Å². The second-order valence-electron chi connectivity index (χ2n) is 9.61. The first-order valence-electron chi connectivity index (χ1n) is 12.4. The number of sulfonamides is 1. The molecule has 1 aliphatic rings. The molecule has 0 radical (unpaired) electrons. The number of nitrogens with zero attached hydrogens (tertiary/aromatic N) is 4. The molecule has 5 rings (SSSR count). The lowest BCUT2D eigenvalue weighted by atomic mass is 10.1. The van der Waals surface area contributed by atoms with Gasteiger partial charge in [-0.05, 0) is 61.4 Å². The molecule has 0 atom stereocenters. The topological polar surface area (TPSA) is 75.5 Å². The zero-order valence-electron chi connectivity index (χ0n) is 21.6. The highest BCUT2D eigenvalue weighted by atomic mass is 32.2. The van der Waals surface area contributed by atoms with E-state index < -0.39 is 21.7 Å². The number of carbonyl (C=O) groups is 1. The Morgan fingerprint density at radius 2 is 1.66 bits per heavy atom. The van der Waals surface area contributed by atoms with Crippen LogP contribution in [-0.2, 0) is 36.6 Å². The van der Waals surface area contributed by atoms with Crippen molar-refractivity contribution in [2.45, 2.75) is 38.3 Å². The molecular formula is C29H29FN4O3S. The number of amides is 1. The summed E-state index contributed by atoms with van der Waals surface area (Å²) in [5, 5.41) is 4.68. The Kier molecular flexibility index (Phi) is 6.90. The molecule has 2 heterocycles. The third-order valence-corrected chi connectivity index (χ3v) is 8.67. The number of benzene rings is 3. The quantitative estimate of drug-likeness (QED) is 0.359. The monoisotopic (exact) mass is 532 g/mol. The summed E-state index contributed by atoms with van der Waals surface area (Å²) in [5.74, 6) is -1.10. The van der Waals surface area contributed by atoms with Gasteiger partial charge in [0, 0.05) is 43.5 Å². The highest BCUT2D eigenvalue weighted by Gasteiger charge is 2.33. The normalized spacial score (nSPS) is 13.8. The summed E-state index contributed by atoms with van der Waals surface area (Å²) >= 11 is 0. The molecule has 0 spiro atoms. The number of aromatic nitrogens is 2. The minimum absolute atomic E-state index is 0.0415. The van der Waals surface area contributed by atoms with Crippen LogP contribution in [0.3, 0.4) is 0 Å². The summed E-state index contributed by atoms with van der Waals surface area (Å²) < 4.78 is 45.0. The summed E-state index contributed by atoms with van der Waals surface area (Å²) in [5.41, 5.74) is 4.60. The van der Waals surface area contributed by atoms with E-state index in [4.69, 9.17) is 0 Å². The molecule has 1 aromatic heterocycles. The molecule has 9 heteroatoms. The Morgan fingerprint density at radius 1 is 1.00 bits per heavy atom. The van der Waals surface area contributed by atoms with E-state index in [0.29, 0.717) is 24.3 Å². The molecule has 4 aromatic rings. The van der Waals surface area contributed by atoms with Gasteiger partial charge in [-0.3, -0.25) is 9.48 Å². The Balaban J connectivity index is 1.51. The SMILES string of the molecule is Cc1cc(C)cc(S(=O)(=O)N2CCc3c(c(CN(C(=O)c4ccccc4F)c4ccccc4)nn3C)C2)c1. The molecule has 0 saturated carbocycles. The smallest absolute Gasteiger partial charge is 0.261 e. The van der Waals surface area contributed by atoms with E-state index >= 15 is 0 Å². The highest BCUT2D eigenvalue weighted by molar-refractivity contribution is 7.89. The zero-order chi connectivity index (χ0) is 27.0. The molecule has 38 heavy (non-hydrogen) atoms. The van der Waals surface area contributed by atoms with Crippen molar-refractivity contribution in [1.82, 2.24) is 14.1 Å². The third kappa shape index (κ3) is 4.87. The van der Waals surface area contributed by atoms with Crippen molar-refractivity contribution in [3.63, 3.8) is 0 Å². The number of anilines is 1. The van der Waals surface area contributed by atoms with Crippen molar-refractivity contribution in [3.05, 3.63) is 112 Å². The second kappa shape index (κ2) is 10.2. The van der Waals surface area contributed by atoms with E-state index in [9.17, 15) is 17.6 Å². The van der Waals surface area contributed by atoms with Crippen LogP contribution in [0.15, 0.2) is 77.7 Å². The molecule has 3 aromatic carbocycles. The van der Waals surface area contributed by atoms with Crippen molar-refractivity contribution in [2.24, 2.45) is 7.05 Å². The number of hydrogen-bond acceptors (Lipinski definition) is 4. The van der Waals surface area contributed by atoms with E-state index in [2.05, 4.69) is 5.10 Å². The molecule has 7 nitrogen and oxygen atoms in total. The van der Waals surface area contributed by atoms with E-state index in [1.54, 1.807) is 41.1 Å². The summed E-state index contributed by atoms with van der Waals surface area (Å²) in [6.07, 6.45) is 0.495. The maximum absolute atomic E-state index is 14.6. The highest BCUT2D eigenvalue weighted by Crippen LogP contribution is 2.30. The molecule has 0 fully saturated rings. The van der Waals surface area contributed by atoms with Gasteiger partial charge in [0.1, 0.15) is 5.82 Å². The molecule has 196 valence electrons. The molecule has 0 aliphatic carbocycles. The molecule has 0 unspecified atom stereocenters. The van der Waals surface area contributed by atoms with E-state index in [-0.39, 0.29) is 23.5 Å². The second-order valence-corrected chi connectivity index (χ2v) is 11.6. The first kappa shape index (κ1) is 25.8. The van der Waals surface area contributed by atoms with Gasteiger partial charge >= 0.3 is 0 Å². The predicted molar refractivity (Wildman–Crippen MR) is 144 cm³/mol. The van der Waals surface area contributed by atoms with Crippen LogP contribution in [0.4, 0.5) is 10.1 Å². The van der Waals surface area contributed by atoms with Crippen LogP contribution in [0.1, 0.15) is 38.4 Å². The maximum Gasteiger partial charge on any atom is 0.261 e. The first-order valence-corrected chi connectivity index (χ1v) is 13.8. The number of halogens is 1. The third-order valence-electron chi connectivity index (χ3n) is 6.85. The fourth-order valence-electron chi connectivity index (χ4n) is 5.03. The van der Waals surface area contributed by atoms with Gasteiger partial charge in [-0.1, -0.05) is 36.4 Å². The van der Waals surface area contributed by atoms with Crippen LogP contribution >= 0.6 is 0 Å². The van der Waals surface area contributed by atoms with E-state index in [0.717, 1.165) is 22.4 Å². The summed E-state index contributed by atoms with van der Waals surface area (Å²) in [6, 6.07) is 20.2. The number of para-hydroxylation sites is 1. The molecule has 1 aliphatic heterocycles. The lowest BCUT2D eigenvalue weighted by molar-refractivity contribution is 0.0980. The Labute approximate surface area is 222 Å². The van der Waals surface area contributed by atoms with Gasteiger partial charge in [-0.25, -0.2) is 12.8 Å². The summed E-state index contributed by atoms with van der Waals surface area (Å²) in [7, 11) is -1.92. The standard InChI is InChI=1S/C29H29FN4O3S/c1-20-15-21(2)17-23(16-20)38(36,37)33-14-13-28-25(18-33)27(31-32(28)3)19-34(22-9-5-4-6-10-22)29(35)24-11-7-8-12-26(24)30/h4-12,15-17H,13-14,18-19H2,1-3H3. The van der Waals surface area contributed by atoms with Crippen molar-refractivity contribution >= 4 is 21.6 Å². The van der Waals surface area contributed by atoms with Crippen LogP contribution < -0.4 is 4.90 Å². The average Bonchev–Trinajstić information content (AvgIpc) is 3.21. The van der Waals surface area contributed by atoms with Crippen molar-refractivity contribution in [1.29, 1.82) is 0 Å². The van der Waals surface area contributed by atoms with Crippen LogP contribution in [0.5, 0.6) is 0 Å². The van der Waals surface area contributed by atoms with Crippen LogP contribution in [0.25, 0.3) is 0 Å². The van der Waals surface area contributed by atoms with Crippen LogP contribution in [0, 0.1) is 19.7 Å². The van der Waals surface area contributed by atoms with E-state index in [1.165, 1.54) is 21.3 Å². The Bertz CT molecular complexity index is 1600. The van der Waals surface area contributed by atoms with Gasteiger partial charge in [0.05, 0.1) is 22.7 Å². The number of carbonyl (C=O) groups excluding carboxylic acids is 1. The molecule has 1 amide bonds. The zero-order valence-corrected chi connectivity index (χ0v) is 22.4. The molecular weight excluding hydrogens is 503 g/mol. The predicted octanol–water partition coefficient (Wildman–Crippen LogP) is 4.77. The molecule has 0 N–H and O–H groups in total. The minimum Gasteiger partial charge on any atom is -0.302 e. The number of hydrogen-bond donors (Lipinski definition) is 0. The van der Waals surface area contributed by atoms with E-state index in [1.807, 2.05) is 45.2 Å². The lowest BCUT2D eigenvalue weighted by Gasteiger charge is -2.28. The van der Waals surface area contributed by atoms with Gasteiger partial charge < -0.3 is 4.90 Å². The molecule has 0 bridgehead atoms. The summed E-state index contributed by atoms with van der Waals surface area (Å²) in [4.78, 5) is 15.3. The number of aryl methyl sites for hydroxylation is 3. The summed E-state index contributed by atoms with van der Waals surface area (Å²) in [6.45, 7) is 4.30. The number of rotatable bonds is 6. The Hall–Kier alpha value is -3.82. The van der Waals surface area contributed by atoms with Crippen molar-refractivity contribution in [2.75, 3.05) is 11.4 Å². The van der Waals surface area contributed by atoms with Crippen LogP contribution in [-0.4, -0.2) is 35.0 Å². The van der Waals surface area contributed by atoms with Gasteiger partial charge in [0.25, 0.3) is 5.91 Å². The van der Waals surface area contributed by atoms with Crippen LogP contribution in [0.2, 0.25) is 0 Å². The fraction of sp³-hybridized carbons (Fsp3) is 0.241. The number of fused-ring (bicyclic) bond motifs is 1. The van der Waals surface area contributed by atoms with Crippen molar-refractivity contribution in [3.8, 4) is 0 Å². The molecule has 0 saturated heterocycles. The minimum atomic E-state index is -3.74. The fourth-order valence-corrected chi connectivity index (χ4v) is 6.62. The van der Waals surface area contributed by atoms with Gasteiger partial charge in [-0.15, -0.1) is 0 Å². The maximum atomic E-state index is 14.6. The average molecular weight is 533 g/mol. The largest absolute Gasteiger partial charge is 0.302 e. The first-order chi connectivity index (χ1) is 18.1. The Morgan fingerprint density at radius 3 is 2.34 bits per heavy atom. The van der Waals surface area contributed by atoms with Crippen molar-refractivity contribution < 1.29 is 17.6 Å². The van der Waals surface area contributed by atoms with Gasteiger partial charge in [-0.2, -0.15) is 9.40 Å².